The van der Waals surface area contributed by atoms with Gasteiger partial charge in [0, 0.05) is 50.0 Å². The van der Waals surface area contributed by atoms with Gasteiger partial charge in [0.25, 0.3) is 11.8 Å². The van der Waals surface area contributed by atoms with Crippen LogP contribution in [0.1, 0.15) is 22.6 Å². The van der Waals surface area contributed by atoms with Crippen LogP contribution in [0.5, 0.6) is 0 Å². The molecule has 2 heterocycles. The van der Waals surface area contributed by atoms with Crippen molar-refractivity contribution in [2.24, 2.45) is 0 Å². The second-order valence-electron chi connectivity index (χ2n) is 7.52. The van der Waals surface area contributed by atoms with Gasteiger partial charge in [-0.2, -0.15) is 4.98 Å². The number of aromatic nitrogens is 2. The second-order valence-corrected chi connectivity index (χ2v) is 7.52. The van der Waals surface area contributed by atoms with Crippen LogP contribution in [-0.2, 0) is 6.54 Å². The summed E-state index contributed by atoms with van der Waals surface area (Å²) in [6.45, 7) is 2.27. The molecule has 150 valence electrons. The Morgan fingerprint density at radius 2 is 2.03 bits per heavy atom. The zero-order chi connectivity index (χ0) is 20.2. The van der Waals surface area contributed by atoms with E-state index in [9.17, 15) is 4.79 Å². The molecule has 0 bridgehead atoms. The highest BCUT2D eigenvalue weighted by Gasteiger charge is 2.25. The van der Waals surface area contributed by atoms with Gasteiger partial charge in [0.05, 0.1) is 6.54 Å². The molecule has 0 unspecified atom stereocenters. The Labute approximate surface area is 170 Å². The van der Waals surface area contributed by atoms with E-state index in [0.717, 1.165) is 30.8 Å². The Hall–Kier alpha value is -3.19. The summed E-state index contributed by atoms with van der Waals surface area (Å²) in [6, 6.07) is 17.5. The van der Waals surface area contributed by atoms with Crippen LogP contribution < -0.4 is 10.2 Å². The molecular weight excluding hydrogens is 366 g/mol. The standard InChI is InChI=1S/C22H25N5O2/c1-26(2)19-10-6-9-17(13-19)21(28)23-18-11-12-27(14-18)15-20-24-22(29-25-20)16-7-4-3-5-8-16/h3-10,13,18H,11-12,14-15H2,1-2H3,(H,23,28)/t18-/m0/s1. The smallest absolute Gasteiger partial charge is 0.257 e. The Balaban J connectivity index is 1.32. The van der Waals surface area contributed by atoms with Gasteiger partial charge in [0.15, 0.2) is 5.82 Å². The highest BCUT2D eigenvalue weighted by Crippen LogP contribution is 2.19. The maximum Gasteiger partial charge on any atom is 0.257 e. The van der Waals surface area contributed by atoms with Gasteiger partial charge in [0.1, 0.15) is 0 Å². The lowest BCUT2D eigenvalue weighted by Gasteiger charge is -2.16. The molecule has 1 fully saturated rings. The molecule has 7 nitrogen and oxygen atoms in total. The van der Waals surface area contributed by atoms with Crippen LogP contribution in [-0.4, -0.2) is 54.2 Å². The molecule has 1 atom stereocenters. The van der Waals surface area contributed by atoms with Gasteiger partial charge in [0.2, 0.25) is 0 Å². The van der Waals surface area contributed by atoms with Crippen LogP contribution >= 0.6 is 0 Å². The minimum atomic E-state index is -0.0357. The third-order valence-corrected chi connectivity index (χ3v) is 5.09. The molecule has 1 N–H and O–H groups in total. The average Bonchev–Trinajstić information content (AvgIpc) is 3.38. The zero-order valence-corrected chi connectivity index (χ0v) is 16.7. The van der Waals surface area contributed by atoms with Gasteiger partial charge in [-0.15, -0.1) is 0 Å². The monoisotopic (exact) mass is 391 g/mol. The highest BCUT2D eigenvalue weighted by atomic mass is 16.5. The summed E-state index contributed by atoms with van der Waals surface area (Å²) < 4.78 is 5.38. The summed E-state index contributed by atoms with van der Waals surface area (Å²) >= 11 is 0. The topological polar surface area (TPSA) is 74.5 Å². The Kier molecular flexibility index (Phi) is 5.57. The van der Waals surface area contributed by atoms with Gasteiger partial charge in [-0.1, -0.05) is 29.4 Å². The van der Waals surface area contributed by atoms with E-state index >= 15 is 0 Å². The molecule has 1 aliphatic rings. The fourth-order valence-corrected chi connectivity index (χ4v) is 3.50. The molecule has 0 saturated carbocycles. The predicted octanol–water partition coefficient (Wildman–Crippen LogP) is 2.81. The SMILES string of the molecule is CN(C)c1cccc(C(=O)N[C@H]2CCN(Cc3noc(-c4ccccc4)n3)C2)c1. The van der Waals surface area contributed by atoms with Crippen LogP contribution in [0.15, 0.2) is 59.1 Å². The average molecular weight is 391 g/mol. The summed E-state index contributed by atoms with van der Waals surface area (Å²) in [5, 5.41) is 7.24. The van der Waals surface area contributed by atoms with Crippen molar-refractivity contribution in [3.8, 4) is 11.5 Å². The zero-order valence-electron chi connectivity index (χ0n) is 16.7. The largest absolute Gasteiger partial charge is 0.378 e. The Morgan fingerprint density at radius 1 is 1.21 bits per heavy atom. The molecule has 3 aromatic rings. The molecule has 7 heteroatoms. The Morgan fingerprint density at radius 3 is 2.83 bits per heavy atom. The van der Waals surface area contributed by atoms with Crippen molar-refractivity contribution in [3.63, 3.8) is 0 Å². The fourth-order valence-electron chi connectivity index (χ4n) is 3.50. The number of nitrogens with one attached hydrogen (secondary N) is 1. The van der Waals surface area contributed by atoms with Gasteiger partial charge in [-0.3, -0.25) is 9.69 Å². The number of hydrogen-bond donors (Lipinski definition) is 1. The normalized spacial score (nSPS) is 16.7. The lowest BCUT2D eigenvalue weighted by atomic mass is 10.1. The number of anilines is 1. The van der Waals surface area contributed by atoms with Crippen molar-refractivity contribution >= 4 is 11.6 Å². The Bertz CT molecular complexity index is 970. The molecule has 0 radical (unpaired) electrons. The van der Waals surface area contributed by atoms with Crippen LogP contribution in [0.4, 0.5) is 5.69 Å². The van der Waals surface area contributed by atoms with Gasteiger partial charge in [-0.25, -0.2) is 0 Å². The number of benzene rings is 2. The van der Waals surface area contributed by atoms with Crippen molar-refractivity contribution < 1.29 is 9.32 Å². The first-order valence-electron chi connectivity index (χ1n) is 9.77. The number of carbonyl (C=O) groups is 1. The van der Waals surface area contributed by atoms with Crippen molar-refractivity contribution in [2.45, 2.75) is 19.0 Å². The maximum absolute atomic E-state index is 12.6. The van der Waals surface area contributed by atoms with E-state index in [4.69, 9.17) is 4.52 Å². The number of likely N-dealkylation sites (tertiary alicyclic amines) is 1. The van der Waals surface area contributed by atoms with Crippen molar-refractivity contribution in [3.05, 3.63) is 66.0 Å². The van der Waals surface area contributed by atoms with Gasteiger partial charge >= 0.3 is 0 Å². The summed E-state index contributed by atoms with van der Waals surface area (Å²) in [6.07, 6.45) is 0.905. The quantitative estimate of drug-likeness (QED) is 0.697. The molecule has 29 heavy (non-hydrogen) atoms. The van der Waals surface area contributed by atoms with E-state index in [1.165, 1.54) is 0 Å². The molecule has 2 aromatic carbocycles. The summed E-state index contributed by atoms with van der Waals surface area (Å²) in [5.41, 5.74) is 2.61. The van der Waals surface area contributed by atoms with E-state index in [0.29, 0.717) is 23.8 Å². The van der Waals surface area contributed by atoms with E-state index in [1.807, 2.05) is 73.6 Å². The molecule has 1 aliphatic heterocycles. The molecular formula is C22H25N5O2. The first-order chi connectivity index (χ1) is 14.1. The first kappa shape index (κ1) is 19.1. The molecule has 0 spiro atoms. The molecule has 4 rings (SSSR count). The van der Waals surface area contributed by atoms with Crippen LogP contribution in [0, 0.1) is 0 Å². The number of hydrogen-bond acceptors (Lipinski definition) is 6. The molecule has 1 aromatic heterocycles. The van der Waals surface area contributed by atoms with Gasteiger partial charge in [-0.05, 0) is 36.8 Å². The third-order valence-electron chi connectivity index (χ3n) is 5.09. The van der Waals surface area contributed by atoms with E-state index in [1.54, 1.807) is 0 Å². The molecule has 1 amide bonds. The minimum Gasteiger partial charge on any atom is -0.378 e. The molecule has 0 aliphatic carbocycles. The summed E-state index contributed by atoms with van der Waals surface area (Å²) in [7, 11) is 3.93. The predicted molar refractivity (Wildman–Crippen MR) is 112 cm³/mol. The second kappa shape index (κ2) is 8.45. The summed E-state index contributed by atoms with van der Waals surface area (Å²) in [4.78, 5) is 21.3. The third kappa shape index (κ3) is 4.63. The summed E-state index contributed by atoms with van der Waals surface area (Å²) in [5.74, 6) is 1.16. The van der Waals surface area contributed by atoms with E-state index in [-0.39, 0.29) is 11.9 Å². The first-order valence-corrected chi connectivity index (χ1v) is 9.77. The van der Waals surface area contributed by atoms with Crippen LogP contribution in [0.2, 0.25) is 0 Å². The van der Waals surface area contributed by atoms with Crippen molar-refractivity contribution in [1.29, 1.82) is 0 Å². The lowest BCUT2D eigenvalue weighted by Crippen LogP contribution is -2.37. The number of carbonyl (C=O) groups excluding carboxylic acids is 1. The maximum atomic E-state index is 12.6. The number of rotatable bonds is 6. The lowest BCUT2D eigenvalue weighted by molar-refractivity contribution is 0.0937. The number of amides is 1. The molecule has 1 saturated heterocycles. The van der Waals surface area contributed by atoms with Crippen molar-refractivity contribution in [2.75, 3.05) is 32.1 Å². The highest BCUT2D eigenvalue weighted by molar-refractivity contribution is 5.95. The van der Waals surface area contributed by atoms with Crippen molar-refractivity contribution in [1.82, 2.24) is 20.4 Å². The van der Waals surface area contributed by atoms with E-state index < -0.39 is 0 Å². The number of nitrogens with zero attached hydrogens (tertiary/aromatic N) is 4. The van der Waals surface area contributed by atoms with Gasteiger partial charge < -0.3 is 14.7 Å². The fraction of sp³-hybridized carbons (Fsp3) is 0.318. The van der Waals surface area contributed by atoms with Crippen LogP contribution in [0.25, 0.3) is 11.5 Å². The van der Waals surface area contributed by atoms with Crippen LogP contribution in [0.3, 0.4) is 0 Å². The van der Waals surface area contributed by atoms with E-state index in [2.05, 4.69) is 20.4 Å². The minimum absolute atomic E-state index is 0.0357.